The molecule has 7 nitrogen and oxygen atoms in total. The van der Waals surface area contributed by atoms with Crippen LogP contribution >= 0.6 is 23.9 Å². The van der Waals surface area contributed by atoms with Crippen LogP contribution in [0, 0.1) is 0 Å². The minimum atomic E-state index is 0. The summed E-state index contributed by atoms with van der Waals surface area (Å²) in [6, 6.07) is 16.3. The third-order valence-corrected chi connectivity index (χ3v) is 6.00. The third kappa shape index (κ3) is 4.14. The Hall–Kier alpha value is -2.42. The van der Waals surface area contributed by atoms with E-state index in [2.05, 4.69) is 48.8 Å². The molecule has 1 fully saturated rings. The minimum absolute atomic E-state index is 0. The summed E-state index contributed by atoms with van der Waals surface area (Å²) in [4.78, 5) is 12.2. The van der Waals surface area contributed by atoms with Gasteiger partial charge < -0.3 is 9.74 Å². The van der Waals surface area contributed by atoms with Crippen molar-refractivity contribution in [3.05, 3.63) is 48.5 Å². The average Bonchev–Trinajstić information content (AvgIpc) is 3.36. The molecule has 0 radical (unpaired) electrons. The zero-order chi connectivity index (χ0) is 18.8. The van der Waals surface area contributed by atoms with Crippen molar-refractivity contribution in [3.63, 3.8) is 0 Å². The van der Waals surface area contributed by atoms with Crippen molar-refractivity contribution in [2.24, 2.45) is 0 Å². The molecule has 2 aromatic carbocycles. The first-order valence-corrected chi connectivity index (χ1v) is 10.4. The fraction of sp³-hybridized carbons (Fsp3) is 0.350. The van der Waals surface area contributed by atoms with Crippen LogP contribution in [-0.4, -0.2) is 63.8 Å². The molecule has 0 spiro atoms. The van der Waals surface area contributed by atoms with Gasteiger partial charge in [0.2, 0.25) is 0 Å². The first-order chi connectivity index (χ1) is 13.9. The lowest BCUT2D eigenvalue weighted by molar-refractivity contribution is 0.0785. The van der Waals surface area contributed by atoms with Crippen LogP contribution in [0.1, 0.15) is 6.42 Å². The molecule has 0 saturated carbocycles. The Kier molecular flexibility index (Phi) is 6.13. The summed E-state index contributed by atoms with van der Waals surface area (Å²) in [5.41, 5.74) is 1.76. The standard InChI is InChI=1S/C20H22N6OS.ClH/c1-4-9-19-16(6-1)20(22-28-19)25-13-11-24(12-14-25)10-5-15-27-26-18-8-3-2-7-17(18)21-23-26;/h1-4,6-9H,5,10-15H2;1H. The van der Waals surface area contributed by atoms with E-state index in [1.807, 2.05) is 24.3 Å². The first kappa shape index (κ1) is 19.9. The largest absolute Gasteiger partial charge is 0.395 e. The van der Waals surface area contributed by atoms with Gasteiger partial charge in [-0.2, -0.15) is 4.37 Å². The highest BCUT2D eigenvalue weighted by Crippen LogP contribution is 2.29. The maximum atomic E-state index is 5.78. The van der Waals surface area contributed by atoms with Gasteiger partial charge in [-0.05, 0) is 47.4 Å². The van der Waals surface area contributed by atoms with Crippen molar-refractivity contribution >= 4 is 50.9 Å². The highest BCUT2D eigenvalue weighted by atomic mass is 35.5. The lowest BCUT2D eigenvalue weighted by atomic mass is 10.2. The predicted molar refractivity (Wildman–Crippen MR) is 119 cm³/mol. The number of hydrogen-bond donors (Lipinski definition) is 0. The Bertz CT molecular complexity index is 1070. The van der Waals surface area contributed by atoms with Crippen molar-refractivity contribution in [2.45, 2.75) is 6.42 Å². The van der Waals surface area contributed by atoms with Gasteiger partial charge in [0.15, 0.2) is 0 Å². The van der Waals surface area contributed by atoms with Crippen LogP contribution in [0.3, 0.4) is 0 Å². The van der Waals surface area contributed by atoms with Crippen LogP contribution < -0.4 is 9.74 Å². The second kappa shape index (κ2) is 8.94. The van der Waals surface area contributed by atoms with E-state index in [9.17, 15) is 0 Å². The van der Waals surface area contributed by atoms with Crippen LogP contribution in [0.25, 0.3) is 21.1 Å². The normalized spacial score (nSPS) is 15.0. The van der Waals surface area contributed by atoms with Crippen LogP contribution in [-0.2, 0) is 0 Å². The monoisotopic (exact) mass is 430 g/mol. The molecule has 1 aliphatic heterocycles. The van der Waals surface area contributed by atoms with Crippen molar-refractivity contribution in [3.8, 4) is 0 Å². The quantitative estimate of drug-likeness (QED) is 0.438. The van der Waals surface area contributed by atoms with Crippen LogP contribution in [0.4, 0.5) is 5.82 Å². The van der Waals surface area contributed by atoms with E-state index in [0.717, 1.165) is 56.0 Å². The van der Waals surface area contributed by atoms with E-state index >= 15 is 0 Å². The fourth-order valence-electron chi connectivity index (χ4n) is 3.67. The van der Waals surface area contributed by atoms with E-state index in [1.165, 1.54) is 14.9 Å². The molecule has 4 aromatic rings. The Morgan fingerprint density at radius 1 is 0.966 bits per heavy atom. The van der Waals surface area contributed by atoms with Gasteiger partial charge in [-0.15, -0.1) is 17.5 Å². The summed E-state index contributed by atoms with van der Waals surface area (Å²) < 4.78 is 5.95. The Morgan fingerprint density at radius 3 is 2.66 bits per heavy atom. The number of para-hydroxylation sites is 1. The van der Waals surface area contributed by atoms with E-state index in [4.69, 9.17) is 4.84 Å². The van der Waals surface area contributed by atoms with Gasteiger partial charge in [0.25, 0.3) is 0 Å². The van der Waals surface area contributed by atoms with Gasteiger partial charge in [-0.1, -0.05) is 29.1 Å². The number of hydrogen-bond acceptors (Lipinski definition) is 7. The van der Waals surface area contributed by atoms with Gasteiger partial charge in [-0.25, -0.2) is 0 Å². The van der Waals surface area contributed by atoms with Gasteiger partial charge in [0.05, 0.1) is 4.70 Å². The molecule has 9 heteroatoms. The van der Waals surface area contributed by atoms with Gasteiger partial charge in [0, 0.05) is 38.1 Å². The molecule has 29 heavy (non-hydrogen) atoms. The summed E-state index contributed by atoms with van der Waals surface area (Å²) >= 11 is 1.59. The number of anilines is 1. The van der Waals surface area contributed by atoms with Gasteiger partial charge in [0.1, 0.15) is 23.5 Å². The molecular formula is C20H23ClN6OS. The second-order valence-corrected chi connectivity index (χ2v) is 7.77. The second-order valence-electron chi connectivity index (χ2n) is 6.97. The number of piperazine rings is 1. The van der Waals surface area contributed by atoms with E-state index in [0.29, 0.717) is 6.61 Å². The number of benzene rings is 2. The molecule has 2 aromatic heterocycles. The lowest BCUT2D eigenvalue weighted by Gasteiger charge is -2.35. The Balaban J connectivity index is 0.00000205. The van der Waals surface area contributed by atoms with E-state index in [-0.39, 0.29) is 12.4 Å². The van der Waals surface area contributed by atoms with Gasteiger partial charge >= 0.3 is 0 Å². The molecule has 0 bridgehead atoms. The lowest BCUT2D eigenvalue weighted by Crippen LogP contribution is -2.47. The summed E-state index contributed by atoms with van der Waals surface area (Å²) in [6.45, 7) is 5.80. The SMILES string of the molecule is Cl.c1ccc2c(c1)nnn2OCCCN1CCN(c2nsc3ccccc23)CC1. The van der Waals surface area contributed by atoms with Crippen molar-refractivity contribution in [2.75, 3.05) is 44.2 Å². The third-order valence-electron chi connectivity index (χ3n) is 5.18. The van der Waals surface area contributed by atoms with Crippen LogP contribution in [0.2, 0.25) is 0 Å². The molecule has 1 aliphatic rings. The predicted octanol–water partition coefficient (Wildman–Crippen LogP) is 3.10. The molecule has 0 N–H and O–H groups in total. The Labute approximate surface area is 179 Å². The summed E-state index contributed by atoms with van der Waals surface area (Å²) in [6.07, 6.45) is 0.966. The smallest absolute Gasteiger partial charge is 0.150 e. The molecular weight excluding hydrogens is 408 g/mol. The average molecular weight is 431 g/mol. The molecule has 0 atom stereocenters. The van der Waals surface area contributed by atoms with Crippen molar-refractivity contribution in [1.82, 2.24) is 24.4 Å². The molecule has 152 valence electrons. The highest BCUT2D eigenvalue weighted by molar-refractivity contribution is 7.13. The molecule has 5 rings (SSSR count). The zero-order valence-electron chi connectivity index (χ0n) is 16.0. The maximum absolute atomic E-state index is 5.78. The topological polar surface area (TPSA) is 59.3 Å². The van der Waals surface area contributed by atoms with Gasteiger partial charge in [-0.3, -0.25) is 4.90 Å². The molecule has 0 aliphatic carbocycles. The first-order valence-electron chi connectivity index (χ1n) is 9.64. The number of fused-ring (bicyclic) bond motifs is 2. The highest BCUT2D eigenvalue weighted by Gasteiger charge is 2.20. The minimum Gasteiger partial charge on any atom is -0.395 e. The molecule has 1 saturated heterocycles. The molecule has 0 unspecified atom stereocenters. The summed E-state index contributed by atoms with van der Waals surface area (Å²) in [5.74, 6) is 1.14. The number of halogens is 1. The summed E-state index contributed by atoms with van der Waals surface area (Å²) in [7, 11) is 0. The van der Waals surface area contributed by atoms with E-state index < -0.39 is 0 Å². The number of aromatic nitrogens is 4. The Morgan fingerprint density at radius 2 is 1.76 bits per heavy atom. The zero-order valence-corrected chi connectivity index (χ0v) is 17.6. The summed E-state index contributed by atoms with van der Waals surface area (Å²) in [5, 5.41) is 9.44. The number of rotatable bonds is 6. The van der Waals surface area contributed by atoms with Crippen LogP contribution in [0.5, 0.6) is 0 Å². The van der Waals surface area contributed by atoms with Crippen molar-refractivity contribution in [1.29, 1.82) is 0 Å². The fourth-order valence-corrected chi connectivity index (χ4v) is 4.46. The molecule has 0 amide bonds. The maximum Gasteiger partial charge on any atom is 0.150 e. The van der Waals surface area contributed by atoms with Crippen molar-refractivity contribution < 1.29 is 4.84 Å². The molecule has 3 heterocycles. The number of nitrogens with zero attached hydrogens (tertiary/aromatic N) is 6. The van der Waals surface area contributed by atoms with E-state index in [1.54, 1.807) is 11.5 Å². The van der Waals surface area contributed by atoms with Crippen LogP contribution in [0.15, 0.2) is 48.5 Å².